The minimum atomic E-state index is -0.969. The molecule has 1 aliphatic rings. The number of carbonyl (C=O) groups is 1. The van der Waals surface area contributed by atoms with E-state index in [0.717, 1.165) is 19.4 Å². The van der Waals surface area contributed by atoms with Crippen molar-refractivity contribution in [3.8, 4) is 0 Å². The first-order valence-electron chi connectivity index (χ1n) is 5.64. The van der Waals surface area contributed by atoms with E-state index in [1.807, 2.05) is 4.90 Å². The van der Waals surface area contributed by atoms with Gasteiger partial charge in [-0.1, -0.05) is 0 Å². The Morgan fingerprint density at radius 1 is 1.53 bits per heavy atom. The van der Waals surface area contributed by atoms with Crippen LogP contribution in [-0.4, -0.2) is 35.4 Å². The Morgan fingerprint density at radius 2 is 2.29 bits per heavy atom. The van der Waals surface area contributed by atoms with Crippen molar-refractivity contribution < 1.29 is 15.0 Å². The van der Waals surface area contributed by atoms with Crippen molar-refractivity contribution >= 4 is 17.3 Å². The van der Waals surface area contributed by atoms with Crippen molar-refractivity contribution in [2.45, 2.75) is 18.9 Å². The van der Waals surface area contributed by atoms with Gasteiger partial charge >= 0.3 is 5.97 Å². The minimum Gasteiger partial charge on any atom is -0.478 e. The van der Waals surface area contributed by atoms with Crippen molar-refractivity contribution in [2.75, 3.05) is 23.8 Å². The third-order valence-electron chi connectivity index (χ3n) is 3.15. The van der Waals surface area contributed by atoms with Gasteiger partial charge < -0.3 is 20.8 Å². The molecule has 1 fully saturated rings. The molecule has 0 saturated carbocycles. The number of hydrogen-bond donors (Lipinski definition) is 3. The zero-order valence-electron chi connectivity index (χ0n) is 9.47. The van der Waals surface area contributed by atoms with Gasteiger partial charge in [0.05, 0.1) is 23.9 Å². The van der Waals surface area contributed by atoms with E-state index >= 15 is 0 Å². The van der Waals surface area contributed by atoms with E-state index in [1.165, 1.54) is 6.07 Å². The second kappa shape index (κ2) is 4.63. The molecule has 0 spiro atoms. The number of nitrogens with zero attached hydrogens (tertiary/aromatic N) is 1. The van der Waals surface area contributed by atoms with E-state index in [0.29, 0.717) is 11.4 Å². The highest BCUT2D eigenvalue weighted by Crippen LogP contribution is 2.30. The topological polar surface area (TPSA) is 86.8 Å². The van der Waals surface area contributed by atoms with Crippen molar-refractivity contribution in [3.63, 3.8) is 0 Å². The van der Waals surface area contributed by atoms with Crippen LogP contribution in [-0.2, 0) is 0 Å². The standard InChI is InChI=1S/C12H16N2O3/c13-8-3-4-10(12(16)17)11(6-8)14-5-1-2-9(14)7-15/h3-4,6,9,15H,1-2,5,7,13H2,(H,16,17). The SMILES string of the molecule is Nc1ccc(C(=O)O)c(N2CCCC2CO)c1. The van der Waals surface area contributed by atoms with E-state index in [1.54, 1.807) is 12.1 Å². The molecule has 0 aliphatic carbocycles. The molecule has 0 radical (unpaired) electrons. The lowest BCUT2D eigenvalue weighted by Crippen LogP contribution is -2.33. The van der Waals surface area contributed by atoms with Crippen molar-refractivity contribution in [1.29, 1.82) is 0 Å². The predicted octanol–water partition coefficient (Wildman–Crippen LogP) is 0.928. The average molecular weight is 236 g/mol. The van der Waals surface area contributed by atoms with Gasteiger partial charge in [0, 0.05) is 12.2 Å². The molecule has 0 bridgehead atoms. The number of aromatic carboxylic acids is 1. The van der Waals surface area contributed by atoms with Gasteiger partial charge in [-0.05, 0) is 31.0 Å². The van der Waals surface area contributed by atoms with E-state index in [9.17, 15) is 9.90 Å². The van der Waals surface area contributed by atoms with Gasteiger partial charge in [0.15, 0.2) is 0 Å². The van der Waals surface area contributed by atoms with Crippen LogP contribution in [0.15, 0.2) is 18.2 Å². The lowest BCUT2D eigenvalue weighted by molar-refractivity contribution is 0.0697. The van der Waals surface area contributed by atoms with Gasteiger partial charge in [-0.25, -0.2) is 4.79 Å². The van der Waals surface area contributed by atoms with Gasteiger partial charge in [0.2, 0.25) is 0 Å². The number of nitrogens with two attached hydrogens (primary N) is 1. The summed E-state index contributed by atoms with van der Waals surface area (Å²) in [6, 6.07) is 4.75. The van der Waals surface area contributed by atoms with Crippen LogP contribution in [0, 0.1) is 0 Å². The lowest BCUT2D eigenvalue weighted by Gasteiger charge is -2.26. The smallest absolute Gasteiger partial charge is 0.337 e. The number of aliphatic hydroxyl groups excluding tert-OH is 1. The number of carboxylic acids is 1. The van der Waals surface area contributed by atoms with Crippen LogP contribution in [0.2, 0.25) is 0 Å². The van der Waals surface area contributed by atoms with Crippen LogP contribution in [0.25, 0.3) is 0 Å². The lowest BCUT2D eigenvalue weighted by atomic mass is 10.1. The number of anilines is 2. The number of nitrogen functional groups attached to an aromatic ring is 1. The second-order valence-corrected chi connectivity index (χ2v) is 4.25. The Hall–Kier alpha value is -1.75. The average Bonchev–Trinajstić information content (AvgIpc) is 2.76. The second-order valence-electron chi connectivity index (χ2n) is 4.25. The summed E-state index contributed by atoms with van der Waals surface area (Å²) in [5, 5.41) is 18.4. The zero-order valence-corrected chi connectivity index (χ0v) is 9.47. The molecule has 0 amide bonds. The molecule has 1 aromatic rings. The number of rotatable bonds is 3. The van der Waals surface area contributed by atoms with E-state index < -0.39 is 5.97 Å². The molecule has 4 N–H and O–H groups in total. The van der Waals surface area contributed by atoms with Crippen LogP contribution in [0.4, 0.5) is 11.4 Å². The van der Waals surface area contributed by atoms with E-state index in [4.69, 9.17) is 10.8 Å². The molecule has 1 unspecified atom stereocenters. The maximum absolute atomic E-state index is 11.2. The van der Waals surface area contributed by atoms with Gasteiger partial charge in [-0.2, -0.15) is 0 Å². The Kier molecular flexibility index (Phi) is 3.19. The summed E-state index contributed by atoms with van der Waals surface area (Å²) >= 11 is 0. The molecule has 17 heavy (non-hydrogen) atoms. The molecule has 1 saturated heterocycles. The predicted molar refractivity (Wildman–Crippen MR) is 65.3 cm³/mol. The molecule has 1 aromatic carbocycles. The summed E-state index contributed by atoms with van der Waals surface area (Å²) in [4.78, 5) is 13.1. The minimum absolute atomic E-state index is 0.00472. The Balaban J connectivity index is 2.42. The highest BCUT2D eigenvalue weighted by molar-refractivity contribution is 5.95. The number of carboxylic acid groups (broad SMARTS) is 1. The van der Waals surface area contributed by atoms with Crippen LogP contribution in [0.3, 0.4) is 0 Å². The fourth-order valence-corrected chi connectivity index (χ4v) is 2.31. The summed E-state index contributed by atoms with van der Waals surface area (Å²) in [7, 11) is 0. The third-order valence-corrected chi connectivity index (χ3v) is 3.15. The van der Waals surface area contributed by atoms with Gasteiger partial charge in [0.25, 0.3) is 0 Å². The zero-order chi connectivity index (χ0) is 12.4. The molecule has 1 aliphatic heterocycles. The molecular weight excluding hydrogens is 220 g/mol. The molecule has 5 heteroatoms. The molecule has 2 rings (SSSR count). The molecular formula is C12H16N2O3. The van der Waals surface area contributed by atoms with Crippen molar-refractivity contribution in [3.05, 3.63) is 23.8 Å². The maximum atomic E-state index is 11.2. The highest BCUT2D eigenvalue weighted by Gasteiger charge is 2.27. The third kappa shape index (κ3) is 2.19. The first-order valence-corrected chi connectivity index (χ1v) is 5.64. The molecule has 1 atom stereocenters. The Bertz CT molecular complexity index is 434. The van der Waals surface area contributed by atoms with E-state index in [-0.39, 0.29) is 18.2 Å². The van der Waals surface area contributed by atoms with Crippen molar-refractivity contribution in [1.82, 2.24) is 0 Å². The highest BCUT2D eigenvalue weighted by atomic mass is 16.4. The summed E-state index contributed by atoms with van der Waals surface area (Å²) < 4.78 is 0. The normalized spacial score (nSPS) is 19.6. The first kappa shape index (κ1) is 11.7. The molecule has 92 valence electrons. The molecule has 1 heterocycles. The van der Waals surface area contributed by atoms with Gasteiger partial charge in [-0.3, -0.25) is 0 Å². The largest absolute Gasteiger partial charge is 0.478 e. The maximum Gasteiger partial charge on any atom is 0.337 e. The van der Waals surface area contributed by atoms with Crippen molar-refractivity contribution in [2.24, 2.45) is 0 Å². The number of benzene rings is 1. The van der Waals surface area contributed by atoms with Crippen LogP contribution in [0.1, 0.15) is 23.2 Å². The van der Waals surface area contributed by atoms with Gasteiger partial charge in [-0.15, -0.1) is 0 Å². The van der Waals surface area contributed by atoms with Crippen LogP contribution < -0.4 is 10.6 Å². The monoisotopic (exact) mass is 236 g/mol. The first-order chi connectivity index (χ1) is 8.13. The number of aliphatic hydroxyl groups is 1. The molecule has 5 nitrogen and oxygen atoms in total. The van der Waals surface area contributed by atoms with Gasteiger partial charge in [0.1, 0.15) is 0 Å². The summed E-state index contributed by atoms with van der Waals surface area (Å²) in [6.45, 7) is 0.794. The van der Waals surface area contributed by atoms with Crippen LogP contribution >= 0.6 is 0 Å². The van der Waals surface area contributed by atoms with Crippen LogP contribution in [0.5, 0.6) is 0 Å². The summed E-state index contributed by atoms with van der Waals surface area (Å²) in [5.41, 5.74) is 7.08. The Labute approximate surface area is 99.5 Å². The molecule has 0 aromatic heterocycles. The fourth-order valence-electron chi connectivity index (χ4n) is 2.31. The summed E-state index contributed by atoms with van der Waals surface area (Å²) in [6.07, 6.45) is 1.84. The van der Waals surface area contributed by atoms with E-state index in [2.05, 4.69) is 0 Å². The number of hydrogen-bond acceptors (Lipinski definition) is 4. The fraction of sp³-hybridized carbons (Fsp3) is 0.417. The summed E-state index contributed by atoms with van der Waals surface area (Å²) in [5.74, 6) is -0.969. The quantitative estimate of drug-likeness (QED) is 0.679. The Morgan fingerprint density at radius 3 is 2.94 bits per heavy atom.